The summed E-state index contributed by atoms with van der Waals surface area (Å²) in [4.78, 5) is 14.0. The zero-order valence-electron chi connectivity index (χ0n) is 12.9. The predicted molar refractivity (Wildman–Crippen MR) is 80.2 cm³/mol. The third kappa shape index (κ3) is 4.09. The van der Waals surface area contributed by atoms with Crippen molar-refractivity contribution < 1.29 is 13.9 Å². The molecule has 0 aliphatic heterocycles. The van der Waals surface area contributed by atoms with Gasteiger partial charge in [-0.3, -0.25) is 0 Å². The van der Waals surface area contributed by atoms with Crippen LogP contribution >= 0.6 is 0 Å². The van der Waals surface area contributed by atoms with E-state index in [1.165, 1.54) is 12.1 Å². The van der Waals surface area contributed by atoms with Gasteiger partial charge in [-0.05, 0) is 57.7 Å². The highest BCUT2D eigenvalue weighted by molar-refractivity contribution is 5.68. The van der Waals surface area contributed by atoms with Gasteiger partial charge in [-0.25, -0.2) is 9.18 Å². The number of hydrogen-bond acceptors (Lipinski definition) is 3. The van der Waals surface area contributed by atoms with E-state index >= 15 is 0 Å². The fourth-order valence-electron chi connectivity index (χ4n) is 2.23. The van der Waals surface area contributed by atoms with Gasteiger partial charge in [0.2, 0.25) is 0 Å². The number of anilines is 1. The summed E-state index contributed by atoms with van der Waals surface area (Å²) in [6.07, 6.45) is 2.71. The van der Waals surface area contributed by atoms with Crippen LogP contribution in [0.4, 0.5) is 14.9 Å². The van der Waals surface area contributed by atoms with E-state index in [-0.39, 0.29) is 17.8 Å². The number of carbonyl (C=O) groups excluding carboxylic acids is 1. The van der Waals surface area contributed by atoms with Gasteiger partial charge in [0.1, 0.15) is 11.4 Å². The first kappa shape index (κ1) is 15.6. The molecule has 4 nitrogen and oxygen atoms in total. The molecule has 2 rings (SSSR count). The highest BCUT2D eigenvalue weighted by atomic mass is 19.1. The number of ether oxygens (including phenoxy) is 1. The van der Waals surface area contributed by atoms with Crippen molar-refractivity contribution in [3.63, 3.8) is 0 Å². The van der Waals surface area contributed by atoms with Gasteiger partial charge in [0.15, 0.2) is 0 Å². The molecule has 1 fully saturated rings. The van der Waals surface area contributed by atoms with Crippen molar-refractivity contribution in [2.75, 3.05) is 5.73 Å². The number of rotatable bonds is 3. The lowest BCUT2D eigenvalue weighted by atomic mass is 9.91. The van der Waals surface area contributed by atoms with Gasteiger partial charge in [-0.2, -0.15) is 0 Å². The van der Waals surface area contributed by atoms with E-state index in [0.29, 0.717) is 6.54 Å². The standard InChI is InChI=1S/C16H23FN2O2/c1-16(2,3)21-15(20)19(12-5-4-6-12)10-11-7-8-14(18)13(17)9-11/h7-9,12H,4-6,10,18H2,1-3H3. The van der Waals surface area contributed by atoms with Gasteiger partial charge in [0, 0.05) is 12.6 Å². The third-order valence-electron chi connectivity index (χ3n) is 3.56. The lowest BCUT2D eigenvalue weighted by Crippen LogP contribution is -2.46. The first-order valence-electron chi connectivity index (χ1n) is 7.30. The van der Waals surface area contributed by atoms with E-state index in [2.05, 4.69) is 0 Å². The van der Waals surface area contributed by atoms with Crippen molar-refractivity contribution in [3.8, 4) is 0 Å². The first-order chi connectivity index (χ1) is 9.76. The number of amides is 1. The summed E-state index contributed by atoms with van der Waals surface area (Å²) < 4.78 is 19.0. The van der Waals surface area contributed by atoms with Crippen LogP contribution in [-0.4, -0.2) is 22.6 Å². The first-order valence-corrected chi connectivity index (χ1v) is 7.30. The Balaban J connectivity index is 2.12. The van der Waals surface area contributed by atoms with Crippen LogP contribution in [0.15, 0.2) is 18.2 Å². The molecule has 0 radical (unpaired) electrons. The highest BCUT2D eigenvalue weighted by Gasteiger charge is 2.32. The Hall–Kier alpha value is -1.78. The molecule has 2 N–H and O–H groups in total. The molecule has 1 aliphatic rings. The van der Waals surface area contributed by atoms with Gasteiger partial charge in [0.05, 0.1) is 5.69 Å². The second-order valence-electron chi connectivity index (χ2n) is 6.55. The lowest BCUT2D eigenvalue weighted by molar-refractivity contribution is 0.00459. The SMILES string of the molecule is CC(C)(C)OC(=O)N(Cc1ccc(N)c(F)c1)C1CCC1. The van der Waals surface area contributed by atoms with E-state index in [9.17, 15) is 9.18 Å². The summed E-state index contributed by atoms with van der Waals surface area (Å²) in [5, 5.41) is 0. The highest BCUT2D eigenvalue weighted by Crippen LogP contribution is 2.28. The normalized spacial score (nSPS) is 15.4. The Kier molecular flexibility index (Phi) is 4.40. The smallest absolute Gasteiger partial charge is 0.410 e. The number of hydrogen-bond donors (Lipinski definition) is 1. The van der Waals surface area contributed by atoms with Crippen molar-refractivity contribution in [2.45, 2.75) is 58.2 Å². The maximum Gasteiger partial charge on any atom is 0.410 e. The molecule has 0 spiro atoms. The molecule has 21 heavy (non-hydrogen) atoms. The molecule has 0 bridgehead atoms. The van der Waals surface area contributed by atoms with E-state index in [1.54, 1.807) is 11.0 Å². The summed E-state index contributed by atoms with van der Waals surface area (Å²) in [6.45, 7) is 5.86. The minimum atomic E-state index is -0.536. The van der Waals surface area contributed by atoms with Crippen LogP contribution in [0.3, 0.4) is 0 Å². The molecule has 1 amide bonds. The zero-order chi connectivity index (χ0) is 15.6. The van der Waals surface area contributed by atoms with E-state index < -0.39 is 11.4 Å². The van der Waals surface area contributed by atoms with Crippen LogP contribution in [0.2, 0.25) is 0 Å². The fraction of sp³-hybridized carbons (Fsp3) is 0.562. The molecule has 1 aliphatic carbocycles. The molecule has 0 unspecified atom stereocenters. The maximum atomic E-state index is 13.5. The van der Waals surface area contributed by atoms with E-state index in [0.717, 1.165) is 24.8 Å². The van der Waals surface area contributed by atoms with Gasteiger partial charge in [-0.15, -0.1) is 0 Å². The number of carbonyl (C=O) groups is 1. The van der Waals surface area contributed by atoms with Crippen LogP contribution in [0, 0.1) is 5.82 Å². The second kappa shape index (κ2) is 5.92. The monoisotopic (exact) mass is 294 g/mol. The predicted octanol–water partition coefficient (Wildman–Crippen LogP) is 3.70. The number of halogens is 1. The van der Waals surface area contributed by atoms with Crippen LogP contribution in [0.25, 0.3) is 0 Å². The second-order valence-corrected chi connectivity index (χ2v) is 6.55. The van der Waals surface area contributed by atoms with E-state index in [1.807, 2.05) is 20.8 Å². The summed E-state index contributed by atoms with van der Waals surface area (Å²) in [5.74, 6) is -0.453. The van der Waals surface area contributed by atoms with E-state index in [4.69, 9.17) is 10.5 Å². The van der Waals surface area contributed by atoms with Gasteiger partial charge >= 0.3 is 6.09 Å². The average Bonchev–Trinajstić information content (AvgIpc) is 2.28. The minimum absolute atomic E-state index is 0.117. The molecule has 1 saturated carbocycles. The van der Waals surface area contributed by atoms with Gasteiger partial charge < -0.3 is 15.4 Å². The third-order valence-corrected chi connectivity index (χ3v) is 3.56. The number of nitrogen functional groups attached to an aromatic ring is 1. The molecule has 116 valence electrons. The zero-order valence-corrected chi connectivity index (χ0v) is 12.9. The van der Waals surface area contributed by atoms with Crippen molar-refractivity contribution in [1.29, 1.82) is 0 Å². The average molecular weight is 294 g/mol. The van der Waals surface area contributed by atoms with Crippen LogP contribution in [0.5, 0.6) is 0 Å². The summed E-state index contributed by atoms with van der Waals surface area (Å²) >= 11 is 0. The fourth-order valence-corrected chi connectivity index (χ4v) is 2.23. The molecule has 1 aromatic carbocycles. The Bertz CT molecular complexity index is 521. The van der Waals surface area contributed by atoms with Crippen molar-refractivity contribution in [3.05, 3.63) is 29.6 Å². The lowest BCUT2D eigenvalue weighted by Gasteiger charge is -2.38. The molecule has 0 saturated heterocycles. The summed E-state index contributed by atoms with van der Waals surface area (Å²) in [5.41, 5.74) is 5.78. The summed E-state index contributed by atoms with van der Waals surface area (Å²) in [7, 11) is 0. The van der Waals surface area contributed by atoms with Crippen molar-refractivity contribution in [2.24, 2.45) is 0 Å². The quantitative estimate of drug-likeness (QED) is 0.865. The molecular weight excluding hydrogens is 271 g/mol. The number of nitrogens with two attached hydrogens (primary N) is 1. The maximum absolute atomic E-state index is 13.5. The van der Waals surface area contributed by atoms with Crippen molar-refractivity contribution in [1.82, 2.24) is 4.90 Å². The largest absolute Gasteiger partial charge is 0.444 e. The minimum Gasteiger partial charge on any atom is -0.444 e. The van der Waals surface area contributed by atoms with Crippen molar-refractivity contribution >= 4 is 11.8 Å². The molecule has 0 atom stereocenters. The molecular formula is C16H23FN2O2. The molecule has 5 heteroatoms. The molecule has 0 heterocycles. The van der Waals surface area contributed by atoms with Crippen LogP contribution in [-0.2, 0) is 11.3 Å². The Morgan fingerprint density at radius 2 is 2.10 bits per heavy atom. The molecule has 0 aromatic heterocycles. The number of nitrogens with zero attached hydrogens (tertiary/aromatic N) is 1. The van der Waals surface area contributed by atoms with Crippen LogP contribution in [0.1, 0.15) is 45.6 Å². The van der Waals surface area contributed by atoms with Gasteiger partial charge in [0.25, 0.3) is 0 Å². The van der Waals surface area contributed by atoms with Crippen LogP contribution < -0.4 is 5.73 Å². The van der Waals surface area contributed by atoms with Gasteiger partial charge in [-0.1, -0.05) is 6.07 Å². The molecule has 1 aromatic rings. The topological polar surface area (TPSA) is 55.6 Å². The Morgan fingerprint density at radius 3 is 2.57 bits per heavy atom. The summed E-state index contributed by atoms with van der Waals surface area (Å²) in [6, 6.07) is 4.83. The number of benzene rings is 1. The Morgan fingerprint density at radius 1 is 1.43 bits per heavy atom. The Labute approximate surface area is 125 Å².